The van der Waals surface area contributed by atoms with Crippen LogP contribution in [0.25, 0.3) is 0 Å². The molecule has 1 N–H and O–H groups in total. The van der Waals surface area contributed by atoms with Crippen molar-refractivity contribution >= 4 is 38.9 Å². The molecule has 0 aliphatic heterocycles. The number of amides is 1. The molecule has 26 heavy (non-hydrogen) atoms. The fourth-order valence-electron chi connectivity index (χ4n) is 2.49. The zero-order valence-electron chi connectivity index (χ0n) is 15.0. The number of nitrogens with zero attached hydrogens (tertiary/aromatic N) is 1. The molecule has 0 aromatic heterocycles. The molecule has 0 fully saturated rings. The van der Waals surface area contributed by atoms with Crippen LogP contribution in [0.3, 0.4) is 0 Å². The highest BCUT2D eigenvalue weighted by Gasteiger charge is 2.29. The van der Waals surface area contributed by atoms with Crippen molar-refractivity contribution in [3.05, 3.63) is 53.1 Å². The van der Waals surface area contributed by atoms with Gasteiger partial charge in [0.2, 0.25) is 15.9 Å². The maximum atomic E-state index is 12.6. The lowest BCUT2D eigenvalue weighted by molar-refractivity contribution is -0.116. The van der Waals surface area contributed by atoms with E-state index in [1.165, 1.54) is 14.0 Å². The third kappa shape index (κ3) is 4.68. The number of hydrogen-bond donors (Lipinski definition) is 1. The molecule has 2 aromatic carbocycles. The lowest BCUT2D eigenvalue weighted by Gasteiger charge is -2.28. The Hall–Kier alpha value is -2.25. The number of methoxy groups -OCH3 is 1. The Balaban J connectivity index is 2.27. The third-order valence-electron chi connectivity index (χ3n) is 3.80. The molecule has 140 valence electrons. The molecule has 0 bridgehead atoms. The van der Waals surface area contributed by atoms with Crippen LogP contribution in [0.4, 0.5) is 11.4 Å². The van der Waals surface area contributed by atoms with Crippen LogP contribution in [-0.2, 0) is 14.8 Å². The number of rotatable bonds is 6. The number of anilines is 2. The Morgan fingerprint density at radius 2 is 1.81 bits per heavy atom. The molecule has 2 rings (SSSR count). The van der Waals surface area contributed by atoms with Gasteiger partial charge in [-0.15, -0.1) is 0 Å². The minimum Gasteiger partial charge on any atom is -0.495 e. The van der Waals surface area contributed by atoms with Crippen LogP contribution in [-0.4, -0.2) is 33.7 Å². The lowest BCUT2D eigenvalue weighted by atomic mass is 10.2. The SMILES string of the molecule is COc1ccc(NC(=O)[C@H](C)N(c2ccc(C)cc2)S(C)(=O)=O)cc1Cl. The van der Waals surface area contributed by atoms with E-state index in [0.717, 1.165) is 16.1 Å². The van der Waals surface area contributed by atoms with Gasteiger partial charge in [-0.3, -0.25) is 9.10 Å². The van der Waals surface area contributed by atoms with Crippen LogP contribution >= 0.6 is 11.6 Å². The predicted molar refractivity (Wildman–Crippen MR) is 105 cm³/mol. The van der Waals surface area contributed by atoms with Gasteiger partial charge in [-0.05, 0) is 44.2 Å². The molecular formula is C18H21ClN2O4S. The van der Waals surface area contributed by atoms with Crippen molar-refractivity contribution in [2.24, 2.45) is 0 Å². The zero-order chi connectivity index (χ0) is 19.5. The molecule has 0 aliphatic rings. The van der Waals surface area contributed by atoms with Gasteiger partial charge < -0.3 is 10.1 Å². The van der Waals surface area contributed by atoms with E-state index in [0.29, 0.717) is 22.1 Å². The van der Waals surface area contributed by atoms with Gasteiger partial charge in [-0.2, -0.15) is 0 Å². The van der Waals surface area contributed by atoms with E-state index in [-0.39, 0.29) is 0 Å². The normalized spacial score (nSPS) is 12.3. The summed E-state index contributed by atoms with van der Waals surface area (Å²) in [4.78, 5) is 12.6. The van der Waals surface area contributed by atoms with E-state index in [9.17, 15) is 13.2 Å². The largest absolute Gasteiger partial charge is 0.495 e. The molecule has 6 nitrogen and oxygen atoms in total. The first-order valence-corrected chi connectivity index (χ1v) is 10.1. The average Bonchev–Trinajstić information content (AvgIpc) is 2.55. The predicted octanol–water partition coefficient (Wildman–Crippen LogP) is 3.45. The van der Waals surface area contributed by atoms with Gasteiger partial charge in [-0.1, -0.05) is 29.3 Å². The summed E-state index contributed by atoms with van der Waals surface area (Å²) in [5.74, 6) is 0.00682. The number of aryl methyl sites for hydroxylation is 1. The zero-order valence-corrected chi connectivity index (χ0v) is 16.6. The van der Waals surface area contributed by atoms with Crippen molar-refractivity contribution in [2.75, 3.05) is 23.0 Å². The first-order valence-electron chi connectivity index (χ1n) is 7.84. The number of carbonyl (C=O) groups is 1. The summed E-state index contributed by atoms with van der Waals surface area (Å²) in [6, 6.07) is 10.8. The van der Waals surface area contributed by atoms with Crippen LogP contribution in [0.5, 0.6) is 5.75 Å². The van der Waals surface area contributed by atoms with E-state index in [2.05, 4.69) is 5.32 Å². The van der Waals surface area contributed by atoms with Crippen molar-refractivity contribution in [3.8, 4) is 5.75 Å². The standard InChI is InChI=1S/C18H21ClN2O4S/c1-12-5-8-15(9-6-12)21(26(4,23)24)13(2)18(22)20-14-7-10-17(25-3)16(19)11-14/h5-11,13H,1-4H3,(H,20,22)/t13-/m0/s1. The molecule has 0 saturated heterocycles. The fourth-order valence-corrected chi connectivity index (χ4v) is 3.92. The van der Waals surface area contributed by atoms with Gasteiger partial charge >= 0.3 is 0 Å². The van der Waals surface area contributed by atoms with Gasteiger partial charge in [0.05, 0.1) is 24.1 Å². The molecule has 8 heteroatoms. The van der Waals surface area contributed by atoms with Crippen LogP contribution in [0, 0.1) is 6.92 Å². The number of carbonyl (C=O) groups excluding carboxylic acids is 1. The molecule has 1 amide bonds. The summed E-state index contributed by atoms with van der Waals surface area (Å²) in [7, 11) is -2.17. The van der Waals surface area contributed by atoms with Crippen molar-refractivity contribution in [1.82, 2.24) is 0 Å². The fraction of sp³-hybridized carbons (Fsp3) is 0.278. The average molecular weight is 397 g/mol. The Labute approximate surface area is 158 Å². The molecule has 0 spiro atoms. The summed E-state index contributed by atoms with van der Waals surface area (Å²) in [5, 5.41) is 3.03. The summed E-state index contributed by atoms with van der Waals surface area (Å²) >= 11 is 6.06. The summed E-state index contributed by atoms with van der Waals surface area (Å²) in [6.07, 6.45) is 1.07. The Morgan fingerprint density at radius 3 is 2.31 bits per heavy atom. The number of halogens is 1. The van der Waals surface area contributed by atoms with Crippen molar-refractivity contribution in [2.45, 2.75) is 19.9 Å². The molecule has 2 aromatic rings. The number of sulfonamides is 1. The summed E-state index contributed by atoms with van der Waals surface area (Å²) in [6.45, 7) is 3.43. The second-order valence-corrected chi connectivity index (χ2v) is 8.18. The van der Waals surface area contributed by atoms with Gasteiger partial charge in [0.25, 0.3) is 0 Å². The van der Waals surface area contributed by atoms with Crippen LogP contribution in [0.1, 0.15) is 12.5 Å². The third-order valence-corrected chi connectivity index (χ3v) is 5.33. The number of nitrogens with one attached hydrogen (secondary N) is 1. The highest BCUT2D eigenvalue weighted by molar-refractivity contribution is 7.92. The molecule has 0 saturated carbocycles. The first-order chi connectivity index (χ1) is 12.1. The summed E-state index contributed by atoms with van der Waals surface area (Å²) < 4.78 is 30.7. The lowest BCUT2D eigenvalue weighted by Crippen LogP contribution is -2.45. The van der Waals surface area contributed by atoms with Gasteiger partial charge in [-0.25, -0.2) is 8.42 Å². The molecule has 0 radical (unpaired) electrons. The Kier molecular flexibility index (Phi) is 6.15. The molecule has 0 unspecified atom stereocenters. The maximum absolute atomic E-state index is 12.6. The smallest absolute Gasteiger partial charge is 0.247 e. The van der Waals surface area contributed by atoms with E-state index >= 15 is 0 Å². The molecular weight excluding hydrogens is 376 g/mol. The quantitative estimate of drug-likeness (QED) is 0.811. The Morgan fingerprint density at radius 1 is 1.19 bits per heavy atom. The topological polar surface area (TPSA) is 75.7 Å². The number of ether oxygens (including phenoxy) is 1. The van der Waals surface area contributed by atoms with E-state index in [1.807, 2.05) is 6.92 Å². The van der Waals surface area contributed by atoms with Crippen molar-refractivity contribution < 1.29 is 17.9 Å². The summed E-state index contributed by atoms with van der Waals surface area (Å²) in [5.41, 5.74) is 1.87. The van der Waals surface area contributed by atoms with Gasteiger partial charge in [0.15, 0.2) is 0 Å². The number of benzene rings is 2. The number of hydrogen-bond acceptors (Lipinski definition) is 4. The van der Waals surface area contributed by atoms with E-state index < -0.39 is 22.0 Å². The molecule has 1 atom stereocenters. The van der Waals surface area contributed by atoms with E-state index in [4.69, 9.17) is 16.3 Å². The maximum Gasteiger partial charge on any atom is 0.247 e. The minimum atomic E-state index is -3.66. The highest BCUT2D eigenvalue weighted by Crippen LogP contribution is 2.28. The highest BCUT2D eigenvalue weighted by atomic mass is 35.5. The van der Waals surface area contributed by atoms with Crippen LogP contribution in [0.2, 0.25) is 5.02 Å². The van der Waals surface area contributed by atoms with Gasteiger partial charge in [0, 0.05) is 5.69 Å². The minimum absolute atomic E-state index is 0.344. The van der Waals surface area contributed by atoms with Crippen molar-refractivity contribution in [1.29, 1.82) is 0 Å². The molecule has 0 heterocycles. The second kappa shape index (κ2) is 7.97. The van der Waals surface area contributed by atoms with E-state index in [1.54, 1.807) is 42.5 Å². The molecule has 0 aliphatic carbocycles. The monoisotopic (exact) mass is 396 g/mol. The first kappa shape index (κ1) is 20.1. The van der Waals surface area contributed by atoms with Crippen molar-refractivity contribution in [3.63, 3.8) is 0 Å². The second-order valence-electron chi connectivity index (χ2n) is 5.91. The van der Waals surface area contributed by atoms with Crippen LogP contribution < -0.4 is 14.4 Å². The van der Waals surface area contributed by atoms with Gasteiger partial charge in [0.1, 0.15) is 11.8 Å². The Bertz CT molecular complexity index is 898. The van der Waals surface area contributed by atoms with Crippen LogP contribution in [0.15, 0.2) is 42.5 Å².